The van der Waals surface area contributed by atoms with Crippen LogP contribution in [0.3, 0.4) is 0 Å². The molecule has 1 saturated heterocycles. The predicted octanol–water partition coefficient (Wildman–Crippen LogP) is 5.92. The van der Waals surface area contributed by atoms with Gasteiger partial charge in [0.05, 0.1) is 0 Å². The van der Waals surface area contributed by atoms with E-state index in [-0.39, 0.29) is 19.4 Å². The number of hydrogen-bond acceptors (Lipinski definition) is 5. The van der Waals surface area contributed by atoms with Gasteiger partial charge in [0.15, 0.2) is 5.67 Å². The van der Waals surface area contributed by atoms with Gasteiger partial charge in [0.1, 0.15) is 0 Å². The standard InChI is InChI=1S/C24H29ClFN3O2S2.C2H6/c1-28(2)18-9-10-22(20(17-18)19-7-4-5-8-21(19)25)32-29-14-11-24(26,12-15-29)23(30)27-13-6-16-33(3)31;1-2/h4-10,16-17H,11-15H2,1-3H3,(H,27,30);1-2H3/b16-6-;. The lowest BCUT2D eigenvalue weighted by Gasteiger charge is -2.34. The molecule has 0 radical (unpaired) electrons. The van der Waals surface area contributed by atoms with Gasteiger partial charge in [-0.1, -0.05) is 49.7 Å². The highest BCUT2D eigenvalue weighted by Gasteiger charge is 2.41. The summed E-state index contributed by atoms with van der Waals surface area (Å²) in [6.45, 7) is 5.06. The molecule has 192 valence electrons. The number of rotatable bonds is 8. The van der Waals surface area contributed by atoms with E-state index in [0.717, 1.165) is 21.7 Å². The molecule has 35 heavy (non-hydrogen) atoms. The average Bonchev–Trinajstić information content (AvgIpc) is 2.85. The minimum atomic E-state index is -1.89. The largest absolute Gasteiger partial charge is 0.378 e. The molecule has 5 nitrogen and oxygen atoms in total. The molecule has 1 heterocycles. The van der Waals surface area contributed by atoms with E-state index in [1.165, 1.54) is 11.7 Å². The number of halogens is 2. The Kier molecular flexibility index (Phi) is 11.8. The number of carbonyl (C=O) groups excluding carboxylic acids is 1. The van der Waals surface area contributed by atoms with Crippen molar-refractivity contribution in [2.24, 2.45) is 0 Å². The highest BCUT2D eigenvalue weighted by Crippen LogP contribution is 2.40. The summed E-state index contributed by atoms with van der Waals surface area (Å²) in [5, 5.41) is 4.74. The molecule has 1 atom stereocenters. The first-order valence-corrected chi connectivity index (χ1v) is 14.4. The number of piperidine rings is 1. The zero-order chi connectivity index (χ0) is 26.0. The quantitative estimate of drug-likeness (QED) is 0.422. The van der Waals surface area contributed by atoms with E-state index in [9.17, 15) is 9.00 Å². The fraction of sp³-hybridized carbons (Fsp3) is 0.423. The first kappa shape index (κ1) is 29.4. The number of carbonyl (C=O) groups is 1. The molecule has 1 N–H and O–H groups in total. The molecule has 2 aromatic rings. The van der Waals surface area contributed by atoms with Crippen LogP contribution in [0.1, 0.15) is 26.7 Å². The molecule has 1 aliphatic heterocycles. The van der Waals surface area contributed by atoms with Gasteiger partial charge >= 0.3 is 0 Å². The molecule has 0 aliphatic carbocycles. The fourth-order valence-corrected chi connectivity index (χ4v) is 5.20. The predicted molar refractivity (Wildman–Crippen MR) is 149 cm³/mol. The highest BCUT2D eigenvalue weighted by atomic mass is 35.5. The van der Waals surface area contributed by atoms with Crippen LogP contribution in [-0.2, 0) is 15.6 Å². The Morgan fingerprint density at radius 2 is 1.86 bits per heavy atom. The lowest BCUT2D eigenvalue weighted by molar-refractivity contribution is -0.135. The minimum Gasteiger partial charge on any atom is -0.378 e. The van der Waals surface area contributed by atoms with E-state index in [2.05, 4.69) is 27.8 Å². The van der Waals surface area contributed by atoms with Crippen molar-refractivity contribution in [3.63, 3.8) is 0 Å². The Balaban J connectivity index is 0.00000210. The van der Waals surface area contributed by atoms with Crippen LogP contribution in [0.2, 0.25) is 5.02 Å². The second-order valence-electron chi connectivity index (χ2n) is 8.12. The number of benzene rings is 2. The van der Waals surface area contributed by atoms with Crippen LogP contribution in [0.4, 0.5) is 10.1 Å². The Labute approximate surface area is 220 Å². The maximum atomic E-state index is 15.2. The van der Waals surface area contributed by atoms with Gasteiger partial charge in [0.2, 0.25) is 0 Å². The van der Waals surface area contributed by atoms with Crippen molar-refractivity contribution >= 4 is 45.9 Å². The number of nitrogens with zero attached hydrogens (tertiary/aromatic N) is 2. The third-order valence-corrected chi connectivity index (χ3v) is 7.54. The van der Waals surface area contributed by atoms with Crippen molar-refractivity contribution in [2.45, 2.75) is 37.3 Å². The Morgan fingerprint density at radius 1 is 1.20 bits per heavy atom. The molecule has 0 spiro atoms. The Bertz CT molecular complexity index is 1040. The maximum absolute atomic E-state index is 15.2. The van der Waals surface area contributed by atoms with Gasteiger partial charge in [-0.15, -0.1) is 0 Å². The second-order valence-corrected chi connectivity index (χ2v) is 10.9. The zero-order valence-corrected chi connectivity index (χ0v) is 23.4. The van der Waals surface area contributed by atoms with Crippen LogP contribution in [0, 0.1) is 0 Å². The second kappa shape index (κ2) is 14.0. The molecule has 2 aromatic carbocycles. The van der Waals surface area contributed by atoms with E-state index in [4.69, 9.17) is 11.6 Å². The van der Waals surface area contributed by atoms with Gasteiger partial charge in [-0.25, -0.2) is 8.70 Å². The van der Waals surface area contributed by atoms with Crippen molar-refractivity contribution in [3.8, 4) is 11.1 Å². The summed E-state index contributed by atoms with van der Waals surface area (Å²) in [6.07, 6.45) is 3.35. The van der Waals surface area contributed by atoms with Gasteiger partial charge < -0.3 is 10.2 Å². The van der Waals surface area contributed by atoms with E-state index < -0.39 is 22.4 Å². The first-order valence-electron chi connectivity index (χ1n) is 11.6. The van der Waals surface area contributed by atoms with E-state index >= 15 is 4.39 Å². The summed E-state index contributed by atoms with van der Waals surface area (Å²) in [4.78, 5) is 15.4. The van der Waals surface area contributed by atoms with E-state index in [0.29, 0.717) is 18.1 Å². The number of alkyl halides is 1. The van der Waals surface area contributed by atoms with Crippen molar-refractivity contribution < 1.29 is 13.4 Å². The Morgan fingerprint density at radius 3 is 2.46 bits per heavy atom. The molecular formula is C26H35ClFN3O2S2. The molecule has 0 bridgehead atoms. The van der Waals surface area contributed by atoms with Crippen LogP contribution in [0.5, 0.6) is 0 Å². The van der Waals surface area contributed by atoms with Crippen molar-refractivity contribution in [1.29, 1.82) is 0 Å². The van der Waals surface area contributed by atoms with Crippen LogP contribution < -0.4 is 10.2 Å². The molecular weight excluding hydrogens is 505 g/mol. The minimum absolute atomic E-state index is 0.118. The first-order chi connectivity index (χ1) is 16.7. The molecule has 1 fully saturated rings. The van der Waals surface area contributed by atoms with Crippen molar-refractivity contribution in [3.05, 3.63) is 59.0 Å². The molecule has 9 heteroatoms. The van der Waals surface area contributed by atoms with E-state index in [1.807, 2.05) is 57.1 Å². The summed E-state index contributed by atoms with van der Waals surface area (Å²) in [7, 11) is 2.90. The number of amides is 1. The van der Waals surface area contributed by atoms with Crippen molar-refractivity contribution in [2.75, 3.05) is 44.9 Å². The van der Waals surface area contributed by atoms with Crippen LogP contribution in [0.25, 0.3) is 11.1 Å². The van der Waals surface area contributed by atoms with Gasteiger partial charge in [-0.3, -0.25) is 9.00 Å². The zero-order valence-electron chi connectivity index (χ0n) is 21.0. The topological polar surface area (TPSA) is 52.6 Å². The molecule has 1 aliphatic rings. The van der Waals surface area contributed by atoms with Crippen LogP contribution >= 0.6 is 23.5 Å². The van der Waals surface area contributed by atoms with Gasteiger partial charge in [0, 0.05) is 90.4 Å². The number of hydrogen-bond donors (Lipinski definition) is 1. The average molecular weight is 540 g/mol. The lowest BCUT2D eigenvalue weighted by Crippen LogP contribution is -2.49. The SMILES string of the molecule is CC.CN(C)c1ccc(SN2CCC(F)(C(=O)NC/C=C\S(C)=O)CC2)c(-c2ccccc2Cl)c1. The van der Waals surface area contributed by atoms with Gasteiger partial charge in [-0.2, -0.15) is 0 Å². The smallest absolute Gasteiger partial charge is 0.258 e. The summed E-state index contributed by atoms with van der Waals surface area (Å²) in [5.74, 6) is -0.606. The van der Waals surface area contributed by atoms with Crippen LogP contribution in [-0.4, -0.2) is 60.1 Å². The number of anilines is 1. The number of nitrogens with one attached hydrogen (secondary N) is 1. The fourth-order valence-electron chi connectivity index (χ4n) is 3.56. The monoisotopic (exact) mass is 539 g/mol. The van der Waals surface area contributed by atoms with Gasteiger partial charge in [0.25, 0.3) is 5.91 Å². The Hall–Kier alpha value is -1.87. The normalized spacial score (nSPS) is 16.3. The van der Waals surface area contributed by atoms with Crippen molar-refractivity contribution in [1.82, 2.24) is 9.62 Å². The summed E-state index contributed by atoms with van der Waals surface area (Å²) >= 11 is 8.06. The molecule has 1 unspecified atom stereocenters. The maximum Gasteiger partial charge on any atom is 0.258 e. The summed E-state index contributed by atoms with van der Waals surface area (Å²) in [5.41, 5.74) is 1.14. The molecule has 0 saturated carbocycles. The third-order valence-electron chi connectivity index (χ3n) is 5.46. The summed E-state index contributed by atoms with van der Waals surface area (Å²) in [6, 6.07) is 14.0. The molecule has 3 rings (SSSR count). The summed E-state index contributed by atoms with van der Waals surface area (Å²) < 4.78 is 28.4. The van der Waals surface area contributed by atoms with Gasteiger partial charge in [-0.05, 0) is 41.6 Å². The lowest BCUT2D eigenvalue weighted by atomic mass is 9.93. The van der Waals surface area contributed by atoms with Crippen LogP contribution in [0.15, 0.2) is 58.8 Å². The molecule has 0 aromatic heterocycles. The highest BCUT2D eigenvalue weighted by molar-refractivity contribution is 7.97. The van der Waals surface area contributed by atoms with E-state index in [1.54, 1.807) is 18.0 Å². The molecule has 1 amide bonds. The third kappa shape index (κ3) is 8.34.